The average Bonchev–Trinajstić information content (AvgIpc) is 2.56. The third-order valence-corrected chi connectivity index (χ3v) is 2.90. The second-order valence-electron chi connectivity index (χ2n) is 6.11. The summed E-state index contributed by atoms with van der Waals surface area (Å²) in [5.41, 5.74) is 1.61. The van der Waals surface area contributed by atoms with Crippen LogP contribution < -0.4 is 16.1 Å². The van der Waals surface area contributed by atoms with E-state index in [1.165, 1.54) is 17.6 Å². The molecule has 1 aromatic rings. The maximum Gasteiger partial charge on any atom is 0.407 e. The van der Waals surface area contributed by atoms with Crippen molar-refractivity contribution in [2.75, 3.05) is 6.54 Å². The van der Waals surface area contributed by atoms with Gasteiger partial charge in [0.2, 0.25) is 0 Å². The van der Waals surface area contributed by atoms with Crippen molar-refractivity contribution < 1.29 is 24.3 Å². The molecule has 1 atom stereocenters. The van der Waals surface area contributed by atoms with Crippen molar-refractivity contribution in [1.82, 2.24) is 16.1 Å². The van der Waals surface area contributed by atoms with Crippen molar-refractivity contribution >= 4 is 17.9 Å². The highest BCUT2D eigenvalue weighted by Crippen LogP contribution is 2.06. The predicted molar refractivity (Wildman–Crippen MR) is 89.8 cm³/mol. The summed E-state index contributed by atoms with van der Waals surface area (Å²) in [4.78, 5) is 35.5. The Bertz CT molecular complexity index is 671. The Morgan fingerprint density at radius 3 is 2.32 bits per heavy atom. The van der Waals surface area contributed by atoms with Crippen LogP contribution in [-0.2, 0) is 9.53 Å². The zero-order valence-electron chi connectivity index (χ0n) is 14.3. The summed E-state index contributed by atoms with van der Waals surface area (Å²) in [5.74, 6) is 0.971. The minimum atomic E-state index is -1.20. The molecule has 0 radical (unpaired) electrons. The molecule has 0 saturated carbocycles. The zero-order valence-corrected chi connectivity index (χ0v) is 14.3. The quantitative estimate of drug-likeness (QED) is 0.357. The molecule has 0 bridgehead atoms. The summed E-state index contributed by atoms with van der Waals surface area (Å²) in [6.07, 6.45) is 4.49. The monoisotopic (exact) mass is 347 g/mol. The van der Waals surface area contributed by atoms with Gasteiger partial charge in [-0.1, -0.05) is 5.92 Å². The Labute approximate surface area is 145 Å². The van der Waals surface area contributed by atoms with Gasteiger partial charge in [0.05, 0.1) is 6.54 Å². The average molecular weight is 347 g/mol. The van der Waals surface area contributed by atoms with Crippen molar-refractivity contribution in [3.8, 4) is 12.3 Å². The van der Waals surface area contributed by atoms with Crippen molar-refractivity contribution in [2.24, 2.45) is 0 Å². The molecule has 0 aliphatic heterocycles. The van der Waals surface area contributed by atoms with Gasteiger partial charge in [0.15, 0.2) is 0 Å². The highest BCUT2D eigenvalue weighted by atomic mass is 16.6. The molecule has 0 fully saturated rings. The maximum absolute atomic E-state index is 12.2. The second-order valence-corrected chi connectivity index (χ2v) is 6.11. The number of hydrogen-bond acceptors (Lipinski definition) is 5. The largest absolute Gasteiger partial charge is 0.444 e. The molecule has 8 heteroatoms. The van der Waals surface area contributed by atoms with Gasteiger partial charge in [-0.3, -0.25) is 14.8 Å². The van der Waals surface area contributed by atoms with E-state index in [9.17, 15) is 14.4 Å². The van der Waals surface area contributed by atoms with Crippen LogP contribution in [0.4, 0.5) is 4.79 Å². The Kier molecular flexibility index (Phi) is 6.96. The molecule has 134 valence electrons. The zero-order chi connectivity index (χ0) is 19.0. The Balaban J connectivity index is 2.72. The Hall–Kier alpha value is -3.05. The molecule has 3 amide bonds. The van der Waals surface area contributed by atoms with Gasteiger partial charge in [0.25, 0.3) is 11.8 Å². The summed E-state index contributed by atoms with van der Waals surface area (Å²) < 4.78 is 5.04. The summed E-state index contributed by atoms with van der Waals surface area (Å²) in [6, 6.07) is 4.96. The molecule has 8 nitrogen and oxygen atoms in total. The number of amides is 3. The lowest BCUT2D eigenvalue weighted by Crippen LogP contribution is -2.52. The Morgan fingerprint density at radius 2 is 1.84 bits per heavy atom. The summed E-state index contributed by atoms with van der Waals surface area (Å²) in [7, 11) is 0. The van der Waals surface area contributed by atoms with Crippen molar-refractivity contribution in [2.45, 2.75) is 32.4 Å². The molecule has 1 rings (SSSR count). The van der Waals surface area contributed by atoms with Crippen LogP contribution in [-0.4, -0.2) is 41.3 Å². The van der Waals surface area contributed by atoms with Crippen LogP contribution in [0.3, 0.4) is 0 Å². The fourth-order valence-corrected chi connectivity index (χ4v) is 1.75. The number of alkyl carbamates (subject to hydrolysis) is 1. The van der Waals surface area contributed by atoms with Crippen LogP contribution in [0.5, 0.6) is 0 Å². The molecular formula is C17H21N3O5. The predicted octanol–water partition coefficient (Wildman–Crippen LogP) is 0.796. The molecule has 0 aliphatic carbocycles. The molecule has 0 spiro atoms. The van der Waals surface area contributed by atoms with Gasteiger partial charge in [-0.05, 0) is 45.0 Å². The summed E-state index contributed by atoms with van der Waals surface area (Å²) >= 11 is 0. The van der Waals surface area contributed by atoms with E-state index in [-0.39, 0.29) is 12.1 Å². The molecule has 1 unspecified atom stereocenters. The number of rotatable bonds is 5. The molecule has 4 N–H and O–H groups in total. The van der Waals surface area contributed by atoms with E-state index < -0.39 is 29.6 Å². The summed E-state index contributed by atoms with van der Waals surface area (Å²) in [5, 5.41) is 13.6. The van der Waals surface area contributed by atoms with Gasteiger partial charge in [-0.15, -0.1) is 6.42 Å². The highest BCUT2D eigenvalue weighted by molar-refractivity contribution is 5.97. The molecule has 0 aromatic heterocycles. The molecule has 0 saturated heterocycles. The van der Waals surface area contributed by atoms with Crippen LogP contribution in [0.2, 0.25) is 0 Å². The smallest absolute Gasteiger partial charge is 0.407 e. The second kappa shape index (κ2) is 8.70. The van der Waals surface area contributed by atoms with E-state index in [4.69, 9.17) is 16.4 Å². The van der Waals surface area contributed by atoms with Crippen LogP contribution in [0, 0.1) is 12.3 Å². The number of hydrogen-bond donors (Lipinski definition) is 4. The first-order chi connectivity index (χ1) is 11.7. The minimum absolute atomic E-state index is 0.268. The fraction of sp³-hybridized carbons (Fsp3) is 0.353. The van der Waals surface area contributed by atoms with E-state index in [1.807, 2.05) is 0 Å². The summed E-state index contributed by atoms with van der Waals surface area (Å²) in [6.45, 7) is 4.79. The number of nitrogens with one attached hydrogen (secondary N) is 3. The fourth-order valence-electron chi connectivity index (χ4n) is 1.75. The highest BCUT2D eigenvalue weighted by Gasteiger charge is 2.23. The lowest BCUT2D eigenvalue weighted by molar-refractivity contribution is -0.131. The number of carbonyl (C=O) groups excluding carboxylic acids is 3. The maximum atomic E-state index is 12.2. The van der Waals surface area contributed by atoms with E-state index in [0.29, 0.717) is 5.56 Å². The van der Waals surface area contributed by atoms with E-state index >= 15 is 0 Å². The minimum Gasteiger partial charge on any atom is -0.444 e. The van der Waals surface area contributed by atoms with E-state index in [0.717, 1.165) is 0 Å². The van der Waals surface area contributed by atoms with Gasteiger partial charge >= 0.3 is 6.09 Å². The van der Waals surface area contributed by atoms with Gasteiger partial charge in [0.1, 0.15) is 11.6 Å². The normalized spacial score (nSPS) is 11.6. The molecule has 0 heterocycles. The van der Waals surface area contributed by atoms with Crippen LogP contribution in [0.15, 0.2) is 24.3 Å². The molecule has 0 aliphatic rings. The lowest BCUT2D eigenvalue weighted by atomic mass is 10.1. The Morgan fingerprint density at radius 1 is 1.24 bits per heavy atom. The third-order valence-electron chi connectivity index (χ3n) is 2.90. The van der Waals surface area contributed by atoms with E-state index in [2.05, 4.69) is 16.6 Å². The van der Waals surface area contributed by atoms with Crippen molar-refractivity contribution in [1.29, 1.82) is 0 Å². The SMILES string of the molecule is C#Cc1ccc(C(=O)NC(CNC(=O)OC(C)(C)C)C(=O)NO)cc1. The van der Waals surface area contributed by atoms with Crippen molar-refractivity contribution in [3.63, 3.8) is 0 Å². The first kappa shape index (κ1) is 20.0. The van der Waals surface area contributed by atoms with Gasteiger partial charge < -0.3 is 15.4 Å². The first-order valence-corrected chi connectivity index (χ1v) is 7.44. The van der Waals surface area contributed by atoms with Crippen LogP contribution in [0.1, 0.15) is 36.7 Å². The first-order valence-electron chi connectivity index (χ1n) is 7.44. The number of benzene rings is 1. The van der Waals surface area contributed by atoms with Crippen LogP contribution in [0.25, 0.3) is 0 Å². The number of hydroxylamine groups is 1. The van der Waals surface area contributed by atoms with Gasteiger partial charge in [-0.2, -0.15) is 0 Å². The van der Waals surface area contributed by atoms with Crippen LogP contribution >= 0.6 is 0 Å². The lowest BCUT2D eigenvalue weighted by Gasteiger charge is -2.21. The number of terminal acetylenes is 1. The molecule has 25 heavy (non-hydrogen) atoms. The standard InChI is InChI=1S/C17H21N3O5/c1-5-11-6-8-12(9-7-11)14(21)19-13(15(22)20-24)10-18-16(23)25-17(2,3)4/h1,6-9,13,24H,10H2,2-4H3,(H,18,23)(H,19,21)(H,20,22). The third kappa shape index (κ3) is 6.93. The molecular weight excluding hydrogens is 326 g/mol. The topological polar surface area (TPSA) is 117 Å². The van der Waals surface area contributed by atoms with Crippen molar-refractivity contribution in [3.05, 3.63) is 35.4 Å². The van der Waals surface area contributed by atoms with E-state index in [1.54, 1.807) is 32.9 Å². The number of ether oxygens (including phenoxy) is 1. The van der Waals surface area contributed by atoms with Gasteiger partial charge in [0, 0.05) is 11.1 Å². The van der Waals surface area contributed by atoms with Gasteiger partial charge in [-0.25, -0.2) is 10.3 Å². The number of carbonyl (C=O) groups is 3. The molecule has 1 aromatic carbocycles.